The maximum Gasteiger partial charge on any atom is 0.340 e. The van der Waals surface area contributed by atoms with Gasteiger partial charge in [0.05, 0.1) is 24.3 Å². The molecule has 1 aromatic carbocycles. The Labute approximate surface area is 129 Å². The van der Waals surface area contributed by atoms with Crippen LogP contribution in [0.1, 0.15) is 40.3 Å². The predicted octanol–water partition coefficient (Wildman–Crippen LogP) is 3.34. The summed E-state index contributed by atoms with van der Waals surface area (Å²) in [6, 6.07) is 6.97. The second-order valence-electron chi connectivity index (χ2n) is 4.72. The van der Waals surface area contributed by atoms with Crippen LogP contribution in [0.2, 0.25) is 0 Å². The zero-order valence-corrected chi connectivity index (χ0v) is 12.9. The number of hydrogen-bond donors (Lipinski definition) is 1. The van der Waals surface area contributed by atoms with E-state index in [0.717, 1.165) is 16.8 Å². The summed E-state index contributed by atoms with van der Waals surface area (Å²) in [5.41, 5.74) is 3.47. The molecule has 0 atom stereocenters. The van der Waals surface area contributed by atoms with E-state index in [1.807, 2.05) is 6.92 Å². The Morgan fingerprint density at radius 2 is 1.59 bits per heavy atom. The molecule has 0 aliphatic carbocycles. The van der Waals surface area contributed by atoms with Crippen LogP contribution >= 0.6 is 0 Å². The minimum absolute atomic E-state index is 0.324. The van der Waals surface area contributed by atoms with E-state index >= 15 is 0 Å². The minimum atomic E-state index is -0.365. The molecule has 1 aromatic heterocycles. The number of aromatic nitrogens is 1. The van der Waals surface area contributed by atoms with E-state index in [1.54, 1.807) is 44.3 Å². The average molecular weight is 301 g/mol. The third-order valence-electron chi connectivity index (χ3n) is 3.26. The molecular formula is C17H19NO4. The highest BCUT2D eigenvalue weighted by atomic mass is 16.5. The molecule has 2 aromatic rings. The average Bonchev–Trinajstić information content (AvgIpc) is 2.90. The van der Waals surface area contributed by atoms with E-state index in [4.69, 9.17) is 9.47 Å². The fourth-order valence-corrected chi connectivity index (χ4v) is 2.26. The predicted molar refractivity (Wildman–Crippen MR) is 82.9 cm³/mol. The quantitative estimate of drug-likeness (QED) is 0.860. The summed E-state index contributed by atoms with van der Waals surface area (Å²) < 4.78 is 10.0. The fraction of sp³-hybridized carbons (Fsp3) is 0.294. The van der Waals surface area contributed by atoms with E-state index in [2.05, 4.69) is 4.98 Å². The molecule has 0 radical (unpaired) electrons. The van der Waals surface area contributed by atoms with E-state index in [1.165, 1.54) is 0 Å². The summed E-state index contributed by atoms with van der Waals surface area (Å²) in [4.78, 5) is 26.7. The van der Waals surface area contributed by atoms with Crippen molar-refractivity contribution >= 4 is 11.9 Å². The van der Waals surface area contributed by atoms with E-state index in [-0.39, 0.29) is 11.9 Å². The van der Waals surface area contributed by atoms with Crippen molar-refractivity contribution in [2.75, 3.05) is 13.2 Å². The van der Waals surface area contributed by atoms with Crippen LogP contribution in [0.5, 0.6) is 0 Å². The first-order valence-corrected chi connectivity index (χ1v) is 7.21. The lowest BCUT2D eigenvalue weighted by atomic mass is 10.0. The molecule has 0 bridgehead atoms. The van der Waals surface area contributed by atoms with Crippen LogP contribution in [0.25, 0.3) is 11.1 Å². The Morgan fingerprint density at radius 1 is 1.00 bits per heavy atom. The molecule has 5 nitrogen and oxygen atoms in total. The van der Waals surface area contributed by atoms with E-state index in [0.29, 0.717) is 24.3 Å². The summed E-state index contributed by atoms with van der Waals surface area (Å²) in [6.07, 6.45) is 1.64. The second kappa shape index (κ2) is 6.93. The number of carbonyl (C=O) groups is 2. The number of H-pyrrole nitrogens is 1. The largest absolute Gasteiger partial charge is 0.462 e. The lowest BCUT2D eigenvalue weighted by Crippen LogP contribution is -2.06. The molecule has 1 N–H and O–H groups in total. The van der Waals surface area contributed by atoms with Gasteiger partial charge in [0.15, 0.2) is 0 Å². The first kappa shape index (κ1) is 15.8. The van der Waals surface area contributed by atoms with Gasteiger partial charge < -0.3 is 14.5 Å². The van der Waals surface area contributed by atoms with Crippen LogP contribution in [-0.4, -0.2) is 30.1 Å². The molecule has 0 aliphatic heterocycles. The highest BCUT2D eigenvalue weighted by Gasteiger charge is 2.18. The van der Waals surface area contributed by atoms with Crippen LogP contribution in [0.4, 0.5) is 0 Å². The van der Waals surface area contributed by atoms with Gasteiger partial charge in [-0.15, -0.1) is 0 Å². The summed E-state index contributed by atoms with van der Waals surface area (Å²) in [5, 5.41) is 0. The smallest absolute Gasteiger partial charge is 0.340 e. The Hall–Kier alpha value is -2.56. The van der Waals surface area contributed by atoms with Gasteiger partial charge in [0.25, 0.3) is 0 Å². The summed E-state index contributed by atoms with van der Waals surface area (Å²) in [6.45, 7) is 6.08. The van der Waals surface area contributed by atoms with Crippen molar-refractivity contribution in [1.29, 1.82) is 0 Å². The van der Waals surface area contributed by atoms with Crippen LogP contribution < -0.4 is 0 Å². The molecule has 2 rings (SSSR count). The number of aromatic amines is 1. The summed E-state index contributed by atoms with van der Waals surface area (Å²) in [7, 11) is 0. The molecule has 116 valence electrons. The van der Waals surface area contributed by atoms with Gasteiger partial charge >= 0.3 is 11.9 Å². The highest BCUT2D eigenvalue weighted by molar-refractivity contribution is 5.98. The van der Waals surface area contributed by atoms with Gasteiger partial charge in [0, 0.05) is 17.5 Å². The summed E-state index contributed by atoms with van der Waals surface area (Å²) in [5.74, 6) is -0.721. The lowest BCUT2D eigenvalue weighted by molar-refractivity contribution is 0.0517. The van der Waals surface area contributed by atoms with Crippen molar-refractivity contribution in [2.45, 2.75) is 20.8 Å². The van der Waals surface area contributed by atoms with Crippen LogP contribution in [0.3, 0.4) is 0 Å². The Bertz CT molecular complexity index is 670. The number of aryl methyl sites for hydroxylation is 1. The first-order chi connectivity index (χ1) is 10.6. The van der Waals surface area contributed by atoms with Gasteiger partial charge in [-0.05, 0) is 38.5 Å². The minimum Gasteiger partial charge on any atom is -0.462 e. The van der Waals surface area contributed by atoms with Gasteiger partial charge in [-0.2, -0.15) is 0 Å². The molecule has 0 spiro atoms. The second-order valence-corrected chi connectivity index (χ2v) is 4.72. The molecule has 1 heterocycles. The molecule has 0 fully saturated rings. The molecule has 0 saturated heterocycles. The Morgan fingerprint density at radius 3 is 2.18 bits per heavy atom. The molecule has 22 heavy (non-hydrogen) atoms. The molecule has 5 heteroatoms. The van der Waals surface area contributed by atoms with Crippen molar-refractivity contribution in [2.24, 2.45) is 0 Å². The molecule has 0 saturated carbocycles. The number of nitrogens with one attached hydrogen (secondary N) is 1. The zero-order valence-electron chi connectivity index (χ0n) is 12.9. The number of hydrogen-bond acceptors (Lipinski definition) is 4. The number of carbonyl (C=O) groups excluding carboxylic acids is 2. The van der Waals surface area contributed by atoms with Crippen molar-refractivity contribution < 1.29 is 19.1 Å². The van der Waals surface area contributed by atoms with E-state index in [9.17, 15) is 9.59 Å². The van der Waals surface area contributed by atoms with Gasteiger partial charge in [-0.1, -0.05) is 12.1 Å². The van der Waals surface area contributed by atoms with Crippen LogP contribution in [-0.2, 0) is 9.47 Å². The maximum absolute atomic E-state index is 12.0. The topological polar surface area (TPSA) is 68.4 Å². The van der Waals surface area contributed by atoms with Crippen molar-refractivity contribution in [3.63, 3.8) is 0 Å². The maximum atomic E-state index is 12.0. The first-order valence-electron chi connectivity index (χ1n) is 7.21. The molecule has 0 amide bonds. The third kappa shape index (κ3) is 3.19. The normalized spacial score (nSPS) is 10.3. The molecule has 0 unspecified atom stereocenters. The van der Waals surface area contributed by atoms with E-state index < -0.39 is 0 Å². The summed E-state index contributed by atoms with van der Waals surface area (Å²) >= 11 is 0. The standard InChI is InChI=1S/C17H19NO4/c1-4-21-16(19)13-8-6-12(7-9-13)15-11(3)18-10-14(15)17(20)22-5-2/h6-10,18H,4-5H2,1-3H3. The van der Waals surface area contributed by atoms with Gasteiger partial charge in [-0.25, -0.2) is 9.59 Å². The number of esters is 2. The van der Waals surface area contributed by atoms with Crippen molar-refractivity contribution in [1.82, 2.24) is 4.98 Å². The SMILES string of the molecule is CCOC(=O)c1ccc(-c2c(C(=O)OCC)c[nH]c2C)cc1. The third-order valence-corrected chi connectivity index (χ3v) is 3.26. The van der Waals surface area contributed by atoms with Gasteiger partial charge in [0.1, 0.15) is 0 Å². The lowest BCUT2D eigenvalue weighted by Gasteiger charge is -2.07. The van der Waals surface area contributed by atoms with Gasteiger partial charge in [-0.3, -0.25) is 0 Å². The Kier molecular flexibility index (Phi) is 4.99. The van der Waals surface area contributed by atoms with Crippen LogP contribution in [0, 0.1) is 6.92 Å². The fourth-order valence-electron chi connectivity index (χ4n) is 2.26. The number of benzene rings is 1. The molecule has 0 aliphatic rings. The highest BCUT2D eigenvalue weighted by Crippen LogP contribution is 2.28. The molecular weight excluding hydrogens is 282 g/mol. The number of ether oxygens (including phenoxy) is 2. The van der Waals surface area contributed by atoms with Crippen molar-refractivity contribution in [3.8, 4) is 11.1 Å². The monoisotopic (exact) mass is 301 g/mol. The van der Waals surface area contributed by atoms with Crippen molar-refractivity contribution in [3.05, 3.63) is 47.3 Å². The number of rotatable bonds is 5. The van der Waals surface area contributed by atoms with Crippen LogP contribution in [0.15, 0.2) is 30.5 Å². The zero-order chi connectivity index (χ0) is 16.1. The Balaban J connectivity index is 2.34. The van der Waals surface area contributed by atoms with Gasteiger partial charge in [0.2, 0.25) is 0 Å².